The third kappa shape index (κ3) is 2.30. The molecule has 10 heteroatoms. The fourth-order valence-electron chi connectivity index (χ4n) is 2.87. The van der Waals surface area contributed by atoms with Crippen molar-refractivity contribution in [2.45, 2.75) is 24.5 Å². The molecule has 2 aromatic rings. The van der Waals surface area contributed by atoms with Gasteiger partial charge in [0.1, 0.15) is 29.6 Å². The monoisotopic (exact) mass is 325 g/mol. The van der Waals surface area contributed by atoms with Gasteiger partial charge < -0.3 is 25.0 Å². The second-order valence-corrected chi connectivity index (χ2v) is 5.31. The van der Waals surface area contributed by atoms with Crippen LogP contribution in [0.5, 0.6) is 0 Å². The predicted molar refractivity (Wildman–Crippen MR) is 80.1 cm³/mol. The largest absolute Gasteiger partial charge is 0.394 e. The molecule has 4 atom stereocenters. The van der Waals surface area contributed by atoms with Crippen LogP contribution in [0.15, 0.2) is 11.1 Å². The summed E-state index contributed by atoms with van der Waals surface area (Å²) in [4.78, 5) is 20.3. The minimum absolute atomic E-state index is 0.315. The van der Waals surface area contributed by atoms with Crippen LogP contribution in [0.25, 0.3) is 11.2 Å². The maximum Gasteiger partial charge on any atom is 0.350 e. The first-order chi connectivity index (χ1) is 11.0. The minimum Gasteiger partial charge on any atom is -0.394 e. The highest BCUT2D eigenvalue weighted by Crippen LogP contribution is 2.33. The Hall–Kier alpha value is -2.01. The normalized spacial score (nSPS) is 27.7. The number of rotatable bonds is 4. The Morgan fingerprint density at radius 3 is 2.87 bits per heavy atom. The number of methoxy groups -OCH3 is 1. The number of anilines is 1. The Kier molecular flexibility index (Phi) is 4.06. The topological polar surface area (TPSA) is 124 Å². The van der Waals surface area contributed by atoms with Crippen molar-refractivity contribution in [1.82, 2.24) is 19.1 Å². The second kappa shape index (κ2) is 5.89. The highest BCUT2D eigenvalue weighted by atomic mass is 16.6. The van der Waals surface area contributed by atoms with Crippen LogP contribution in [0.3, 0.4) is 0 Å². The summed E-state index contributed by atoms with van der Waals surface area (Å²) in [7, 11) is 4.71. The van der Waals surface area contributed by atoms with Gasteiger partial charge >= 0.3 is 5.69 Å². The number of nitrogens with one attached hydrogen (secondary N) is 1. The van der Waals surface area contributed by atoms with Gasteiger partial charge in [0.25, 0.3) is 0 Å². The number of fused-ring (bicyclic) bond motifs is 1. The summed E-state index contributed by atoms with van der Waals surface area (Å²) < 4.78 is 13.8. The summed E-state index contributed by atoms with van der Waals surface area (Å²) in [6, 6.07) is 0. The Balaban J connectivity index is 2.14. The van der Waals surface area contributed by atoms with Crippen molar-refractivity contribution >= 4 is 17.0 Å². The first kappa shape index (κ1) is 15.9. The zero-order valence-electron chi connectivity index (χ0n) is 13.0. The Morgan fingerprint density at radius 2 is 2.26 bits per heavy atom. The molecule has 0 aromatic carbocycles. The van der Waals surface area contributed by atoms with Gasteiger partial charge in [0.15, 0.2) is 11.9 Å². The van der Waals surface area contributed by atoms with Crippen LogP contribution >= 0.6 is 0 Å². The average Bonchev–Trinajstić information content (AvgIpc) is 3.08. The molecule has 10 nitrogen and oxygen atoms in total. The van der Waals surface area contributed by atoms with E-state index < -0.39 is 30.2 Å². The predicted octanol–water partition coefficient (Wildman–Crippen LogP) is -1.56. The van der Waals surface area contributed by atoms with E-state index in [1.54, 1.807) is 14.1 Å². The third-order valence-corrected chi connectivity index (χ3v) is 4.09. The summed E-state index contributed by atoms with van der Waals surface area (Å²) in [6.45, 7) is -0.346. The number of nitrogens with zero attached hydrogens (tertiary/aromatic N) is 4. The quantitative estimate of drug-likeness (QED) is 0.616. The Morgan fingerprint density at radius 1 is 1.52 bits per heavy atom. The Bertz CT molecular complexity index is 772. The van der Waals surface area contributed by atoms with Gasteiger partial charge in [0, 0.05) is 21.2 Å². The molecule has 0 saturated carbocycles. The molecule has 1 aliphatic rings. The highest BCUT2D eigenvalue weighted by molar-refractivity contribution is 5.83. The molecule has 0 bridgehead atoms. The third-order valence-electron chi connectivity index (χ3n) is 4.09. The molecule has 1 fully saturated rings. The lowest BCUT2D eigenvalue weighted by Crippen LogP contribution is -2.34. The lowest BCUT2D eigenvalue weighted by molar-refractivity contribution is -0.0583. The summed E-state index contributed by atoms with van der Waals surface area (Å²) in [6.07, 6.45) is -1.77. The molecule has 23 heavy (non-hydrogen) atoms. The molecule has 126 valence electrons. The van der Waals surface area contributed by atoms with Crippen LogP contribution in [0.4, 0.5) is 5.82 Å². The maximum absolute atomic E-state index is 12.0. The van der Waals surface area contributed by atoms with Crippen molar-refractivity contribution in [1.29, 1.82) is 0 Å². The van der Waals surface area contributed by atoms with Gasteiger partial charge in [-0.05, 0) is 0 Å². The number of aromatic nitrogens is 4. The lowest BCUT2D eigenvalue weighted by Gasteiger charge is -2.20. The molecule has 3 heterocycles. The zero-order chi connectivity index (χ0) is 16.7. The molecule has 0 radical (unpaired) electrons. The SMILES string of the molecule is CNc1c2ncn([C@@H]3O[C@H](CO)[C@@H](O)[C@H]3OC)c2nc(=O)n1C. The summed E-state index contributed by atoms with van der Waals surface area (Å²) in [5, 5.41) is 22.4. The molecule has 1 saturated heterocycles. The van der Waals surface area contributed by atoms with Gasteiger partial charge in [-0.15, -0.1) is 0 Å². The van der Waals surface area contributed by atoms with Gasteiger partial charge in [-0.2, -0.15) is 4.98 Å². The van der Waals surface area contributed by atoms with E-state index in [9.17, 15) is 15.0 Å². The smallest absolute Gasteiger partial charge is 0.350 e. The van der Waals surface area contributed by atoms with Crippen LogP contribution in [0.1, 0.15) is 6.23 Å². The summed E-state index contributed by atoms with van der Waals surface area (Å²) in [5.74, 6) is 0.518. The number of ether oxygens (including phenoxy) is 2. The molecule has 1 aliphatic heterocycles. The van der Waals surface area contributed by atoms with E-state index >= 15 is 0 Å². The number of aliphatic hydroxyl groups is 2. The standard InChI is InChI=1S/C13H19N5O5/c1-14-10-7-11(16-13(21)17(10)2)18(5-15-7)12-9(22-3)8(20)6(4-19)23-12/h5-6,8-9,12,14,19-20H,4H2,1-3H3/t6-,8-,9-,12-/m1/s1. The molecule has 3 rings (SSSR count). The van der Waals surface area contributed by atoms with Gasteiger partial charge in [-0.1, -0.05) is 0 Å². The first-order valence-corrected chi connectivity index (χ1v) is 7.12. The molecule has 0 amide bonds. The van der Waals surface area contributed by atoms with Crippen LogP contribution in [-0.2, 0) is 16.5 Å². The van der Waals surface area contributed by atoms with E-state index in [-0.39, 0.29) is 6.61 Å². The highest BCUT2D eigenvalue weighted by Gasteiger charge is 2.45. The molecule has 0 spiro atoms. The van der Waals surface area contributed by atoms with Gasteiger partial charge in [-0.25, -0.2) is 9.78 Å². The van der Waals surface area contributed by atoms with Gasteiger partial charge in [0.05, 0.1) is 12.9 Å². The summed E-state index contributed by atoms with van der Waals surface area (Å²) >= 11 is 0. The van der Waals surface area contributed by atoms with E-state index in [0.29, 0.717) is 17.0 Å². The van der Waals surface area contributed by atoms with E-state index in [4.69, 9.17) is 9.47 Å². The van der Waals surface area contributed by atoms with Crippen molar-refractivity contribution in [2.75, 3.05) is 26.1 Å². The van der Waals surface area contributed by atoms with Crippen molar-refractivity contribution in [3.8, 4) is 0 Å². The van der Waals surface area contributed by atoms with E-state index in [1.165, 1.54) is 22.6 Å². The van der Waals surface area contributed by atoms with Gasteiger partial charge in [-0.3, -0.25) is 9.13 Å². The lowest BCUT2D eigenvalue weighted by atomic mass is 10.1. The molecule has 0 unspecified atom stereocenters. The van der Waals surface area contributed by atoms with Crippen LogP contribution < -0.4 is 11.0 Å². The summed E-state index contributed by atoms with van der Waals surface area (Å²) in [5.41, 5.74) is 0.361. The van der Waals surface area contributed by atoms with E-state index in [0.717, 1.165) is 0 Å². The number of aliphatic hydroxyl groups excluding tert-OH is 2. The minimum atomic E-state index is -0.997. The first-order valence-electron chi connectivity index (χ1n) is 7.12. The van der Waals surface area contributed by atoms with Crippen molar-refractivity contribution in [2.24, 2.45) is 7.05 Å². The fourth-order valence-corrected chi connectivity index (χ4v) is 2.87. The Labute approximate surface area is 131 Å². The van der Waals surface area contributed by atoms with Crippen LogP contribution in [0.2, 0.25) is 0 Å². The van der Waals surface area contributed by atoms with Crippen molar-refractivity contribution in [3.05, 3.63) is 16.8 Å². The average molecular weight is 325 g/mol. The van der Waals surface area contributed by atoms with Crippen molar-refractivity contribution in [3.63, 3.8) is 0 Å². The number of hydrogen-bond acceptors (Lipinski definition) is 8. The number of hydrogen-bond donors (Lipinski definition) is 3. The molecule has 3 N–H and O–H groups in total. The molecule has 2 aromatic heterocycles. The zero-order valence-corrected chi connectivity index (χ0v) is 13.0. The fraction of sp³-hybridized carbons (Fsp3) is 0.615. The van der Waals surface area contributed by atoms with Gasteiger partial charge in [0.2, 0.25) is 0 Å². The molecular formula is C13H19N5O5. The van der Waals surface area contributed by atoms with Crippen LogP contribution in [0, 0.1) is 0 Å². The maximum atomic E-state index is 12.0. The van der Waals surface area contributed by atoms with Crippen LogP contribution in [-0.4, -0.2) is 68.4 Å². The molecular weight excluding hydrogens is 306 g/mol. The van der Waals surface area contributed by atoms with E-state index in [2.05, 4.69) is 15.3 Å². The number of imidazole rings is 1. The van der Waals surface area contributed by atoms with Crippen molar-refractivity contribution < 1.29 is 19.7 Å². The second-order valence-electron chi connectivity index (χ2n) is 5.31. The molecule has 0 aliphatic carbocycles. The van der Waals surface area contributed by atoms with E-state index in [1.807, 2.05) is 0 Å².